The second kappa shape index (κ2) is 4.74. The highest BCUT2D eigenvalue weighted by molar-refractivity contribution is 6.64. The van der Waals surface area contributed by atoms with Gasteiger partial charge in [0.1, 0.15) is 12.4 Å². The van der Waals surface area contributed by atoms with Crippen LogP contribution in [0.1, 0.15) is 18.6 Å². The topological polar surface area (TPSA) is 39.7 Å². The lowest BCUT2D eigenvalue weighted by atomic mass is 9.77. The van der Waals surface area contributed by atoms with E-state index < -0.39 is 0 Å². The molecule has 2 aliphatic rings. The van der Waals surface area contributed by atoms with Crippen LogP contribution < -0.4 is 15.5 Å². The smallest absolute Gasteiger partial charge is 0.491 e. The number of rotatable bonds is 2. The van der Waals surface area contributed by atoms with E-state index in [1.54, 1.807) is 0 Å². The average Bonchev–Trinajstić information content (AvgIpc) is 2.61. The van der Waals surface area contributed by atoms with Crippen molar-refractivity contribution in [1.29, 1.82) is 0 Å². The molecule has 0 fully saturated rings. The summed E-state index contributed by atoms with van der Waals surface area (Å²) in [4.78, 5) is 0. The molecule has 1 aromatic rings. The first-order valence-corrected chi connectivity index (χ1v) is 6.49. The Balaban J connectivity index is 2.08. The second-order valence-corrected chi connectivity index (χ2v) is 5.05. The summed E-state index contributed by atoms with van der Waals surface area (Å²) in [5.74, 6) is 0.822. The van der Waals surface area contributed by atoms with Crippen LogP contribution in [0, 0.1) is 0 Å². The maximum atomic E-state index is 6.29. The van der Waals surface area contributed by atoms with E-state index in [9.17, 15) is 0 Å². The summed E-state index contributed by atoms with van der Waals surface area (Å²) in [6.07, 6.45) is -0.0845. The molecule has 0 aromatic heterocycles. The fourth-order valence-electron chi connectivity index (χ4n) is 2.46. The van der Waals surface area contributed by atoms with Crippen LogP contribution in [0.5, 0.6) is 5.75 Å². The van der Waals surface area contributed by atoms with Gasteiger partial charge in [0.05, 0.1) is 12.2 Å². The van der Waals surface area contributed by atoms with Crippen molar-refractivity contribution in [3.63, 3.8) is 0 Å². The van der Waals surface area contributed by atoms with Crippen molar-refractivity contribution in [3.05, 3.63) is 22.7 Å². The molecule has 0 spiro atoms. The van der Waals surface area contributed by atoms with Gasteiger partial charge in [-0.05, 0) is 26.1 Å². The minimum atomic E-state index is -0.371. The summed E-state index contributed by atoms with van der Waals surface area (Å²) >= 11 is 6.29. The van der Waals surface area contributed by atoms with Crippen molar-refractivity contribution in [2.24, 2.45) is 0 Å². The molecule has 1 N–H and O–H groups in total. The van der Waals surface area contributed by atoms with E-state index in [1.165, 1.54) is 0 Å². The lowest BCUT2D eigenvalue weighted by Crippen LogP contribution is -2.34. The van der Waals surface area contributed by atoms with Crippen molar-refractivity contribution >= 4 is 24.2 Å². The first-order valence-electron chi connectivity index (χ1n) is 6.11. The summed E-state index contributed by atoms with van der Waals surface area (Å²) in [7, 11) is 1.52. The van der Waals surface area contributed by atoms with Crippen LogP contribution in [-0.2, 0) is 9.31 Å². The van der Waals surface area contributed by atoms with Gasteiger partial charge in [-0.25, -0.2) is 0 Å². The fraction of sp³-hybridized carbons (Fsp3) is 0.500. The van der Waals surface area contributed by atoms with Crippen molar-refractivity contribution < 1.29 is 14.0 Å². The SMILES string of the molecule is CNC[C@H]1OB2OC(C)COc3ccc(Cl)c1c32. The first-order chi connectivity index (χ1) is 8.70. The maximum Gasteiger partial charge on any atom is 0.498 e. The van der Waals surface area contributed by atoms with Crippen LogP contribution in [0.4, 0.5) is 0 Å². The van der Waals surface area contributed by atoms with Gasteiger partial charge < -0.3 is 19.4 Å². The van der Waals surface area contributed by atoms with Crippen molar-refractivity contribution in [1.82, 2.24) is 5.32 Å². The number of hydrogen-bond acceptors (Lipinski definition) is 4. The Hall–Kier alpha value is -0.745. The van der Waals surface area contributed by atoms with Crippen molar-refractivity contribution in [2.45, 2.75) is 19.1 Å². The zero-order valence-electron chi connectivity index (χ0n) is 10.4. The first kappa shape index (κ1) is 12.3. The molecule has 0 bridgehead atoms. The van der Waals surface area contributed by atoms with E-state index in [0.29, 0.717) is 18.2 Å². The lowest BCUT2D eigenvalue weighted by molar-refractivity contribution is 0.0992. The monoisotopic (exact) mass is 267 g/mol. The van der Waals surface area contributed by atoms with Gasteiger partial charge in [0.15, 0.2) is 0 Å². The maximum absolute atomic E-state index is 6.29. The Morgan fingerprint density at radius 2 is 2.28 bits per heavy atom. The summed E-state index contributed by atoms with van der Waals surface area (Å²) in [5, 5.41) is 3.82. The Labute approximate surface area is 112 Å². The normalized spacial score (nSPS) is 25.6. The number of ether oxygens (including phenoxy) is 1. The Bertz CT molecular complexity index is 471. The molecule has 3 rings (SSSR count). The van der Waals surface area contributed by atoms with Gasteiger partial charge in [-0.15, -0.1) is 0 Å². The van der Waals surface area contributed by atoms with Gasteiger partial charge in [-0.3, -0.25) is 0 Å². The highest BCUT2D eigenvalue weighted by Gasteiger charge is 2.43. The van der Waals surface area contributed by atoms with Gasteiger partial charge in [0, 0.05) is 22.6 Å². The number of hydrogen-bond donors (Lipinski definition) is 1. The van der Waals surface area contributed by atoms with Crippen LogP contribution in [0.25, 0.3) is 0 Å². The van der Waals surface area contributed by atoms with Gasteiger partial charge in [0.25, 0.3) is 0 Å². The van der Waals surface area contributed by atoms with Crippen molar-refractivity contribution in [2.75, 3.05) is 20.2 Å². The van der Waals surface area contributed by atoms with E-state index in [-0.39, 0.29) is 19.3 Å². The molecule has 96 valence electrons. The molecule has 0 aliphatic carbocycles. The lowest BCUT2D eigenvalue weighted by Gasteiger charge is -2.16. The molecular weight excluding hydrogens is 252 g/mol. The number of likely N-dealkylation sites (N-methyl/N-ethyl adjacent to an activating group) is 1. The van der Waals surface area contributed by atoms with Gasteiger partial charge in [0.2, 0.25) is 0 Å². The van der Waals surface area contributed by atoms with E-state index in [1.807, 2.05) is 26.1 Å². The molecule has 0 amide bonds. The second-order valence-electron chi connectivity index (χ2n) is 4.64. The molecule has 1 unspecified atom stereocenters. The highest BCUT2D eigenvalue weighted by atomic mass is 35.5. The van der Waals surface area contributed by atoms with Crippen LogP contribution in [-0.4, -0.2) is 33.4 Å². The molecule has 2 heterocycles. The van der Waals surface area contributed by atoms with Gasteiger partial charge >= 0.3 is 7.12 Å². The van der Waals surface area contributed by atoms with Crippen molar-refractivity contribution in [3.8, 4) is 5.75 Å². The van der Waals surface area contributed by atoms with E-state index >= 15 is 0 Å². The third-order valence-corrected chi connectivity index (χ3v) is 3.59. The molecule has 6 heteroatoms. The molecular formula is C12H15BClNO3. The van der Waals surface area contributed by atoms with Crippen LogP contribution in [0.3, 0.4) is 0 Å². The molecule has 0 saturated carbocycles. The highest BCUT2D eigenvalue weighted by Crippen LogP contribution is 2.35. The summed E-state index contributed by atoms with van der Waals surface area (Å²) in [6, 6.07) is 3.75. The minimum absolute atomic E-state index is 0.00219. The Morgan fingerprint density at radius 3 is 3.06 bits per heavy atom. The van der Waals surface area contributed by atoms with Gasteiger partial charge in [-0.2, -0.15) is 0 Å². The number of halogens is 1. The molecule has 4 nitrogen and oxygen atoms in total. The van der Waals surface area contributed by atoms with Crippen LogP contribution in [0.2, 0.25) is 5.02 Å². The Kier molecular flexibility index (Phi) is 3.24. The third-order valence-electron chi connectivity index (χ3n) is 3.26. The zero-order valence-corrected chi connectivity index (χ0v) is 11.2. The molecule has 18 heavy (non-hydrogen) atoms. The predicted octanol–water partition coefficient (Wildman–Crippen LogP) is 1.12. The third kappa shape index (κ3) is 1.91. The summed E-state index contributed by atoms with van der Waals surface area (Å²) < 4.78 is 17.5. The van der Waals surface area contributed by atoms with Crippen LogP contribution in [0.15, 0.2) is 12.1 Å². The largest absolute Gasteiger partial charge is 0.498 e. The van der Waals surface area contributed by atoms with Crippen LogP contribution >= 0.6 is 11.6 Å². The fourth-order valence-corrected chi connectivity index (χ4v) is 2.75. The summed E-state index contributed by atoms with van der Waals surface area (Å²) in [6.45, 7) is 3.21. The van der Waals surface area contributed by atoms with E-state index in [0.717, 1.165) is 16.8 Å². The molecule has 2 atom stereocenters. The number of benzene rings is 1. The van der Waals surface area contributed by atoms with E-state index in [2.05, 4.69) is 5.32 Å². The molecule has 0 radical (unpaired) electrons. The summed E-state index contributed by atoms with van der Waals surface area (Å²) in [5.41, 5.74) is 1.94. The zero-order chi connectivity index (χ0) is 12.7. The average molecular weight is 268 g/mol. The molecule has 1 aromatic carbocycles. The Morgan fingerprint density at radius 1 is 1.44 bits per heavy atom. The molecule has 2 aliphatic heterocycles. The molecule has 0 saturated heterocycles. The van der Waals surface area contributed by atoms with E-state index in [4.69, 9.17) is 25.6 Å². The number of nitrogens with one attached hydrogen (secondary N) is 1. The predicted molar refractivity (Wildman–Crippen MR) is 70.6 cm³/mol. The quantitative estimate of drug-likeness (QED) is 0.815. The van der Waals surface area contributed by atoms with Gasteiger partial charge in [-0.1, -0.05) is 11.6 Å². The standard InChI is InChI=1S/C12H15BClNO3/c1-7-6-16-9-4-3-8(14)11-10(5-15-2)18-13(17-7)12(9)11/h3-4,7,10,15H,5-6H2,1-2H3/t7?,10-/m1/s1. The minimum Gasteiger partial charge on any atom is -0.491 e.